The molecule has 0 saturated carbocycles. The molecule has 2 aliphatic rings. The first-order valence-electron chi connectivity index (χ1n) is 13.4. The van der Waals surface area contributed by atoms with Gasteiger partial charge < -0.3 is 19.9 Å². The summed E-state index contributed by atoms with van der Waals surface area (Å²) in [5, 5.41) is 3.48. The van der Waals surface area contributed by atoms with Crippen molar-refractivity contribution in [2.24, 2.45) is 0 Å². The van der Waals surface area contributed by atoms with Crippen LogP contribution >= 0.6 is 11.6 Å². The van der Waals surface area contributed by atoms with Gasteiger partial charge in [0.2, 0.25) is 11.8 Å². The van der Waals surface area contributed by atoms with E-state index in [0.717, 1.165) is 24.3 Å². The molecule has 0 radical (unpaired) electrons. The first-order valence-corrected chi connectivity index (χ1v) is 13.8. The minimum Gasteiger partial charge on any atom is -0.378 e. The van der Waals surface area contributed by atoms with Crippen LogP contribution in [0, 0.1) is 0 Å². The van der Waals surface area contributed by atoms with E-state index in [-0.39, 0.29) is 18.7 Å². The fourth-order valence-electron chi connectivity index (χ4n) is 4.98. The SMILES string of the molecule is CC(C)(C(=O)Nc1ccc(N2CCOCC2)cc1)N(Cc1ccc(Cl)cc1)C(=O)CN1C(=O)C(=O)c2ccccc21. The highest BCUT2D eigenvalue weighted by molar-refractivity contribution is 6.52. The first-order chi connectivity index (χ1) is 19.6. The van der Waals surface area contributed by atoms with Crippen LogP contribution in [0.5, 0.6) is 0 Å². The van der Waals surface area contributed by atoms with Gasteiger partial charge in [0.1, 0.15) is 12.1 Å². The number of benzene rings is 3. The maximum Gasteiger partial charge on any atom is 0.299 e. The third-order valence-electron chi connectivity index (χ3n) is 7.46. The van der Waals surface area contributed by atoms with Gasteiger partial charge in [0.05, 0.1) is 24.5 Å². The highest BCUT2D eigenvalue weighted by Gasteiger charge is 2.42. The third kappa shape index (κ3) is 5.96. The number of carbonyl (C=O) groups is 4. The summed E-state index contributed by atoms with van der Waals surface area (Å²) in [6.07, 6.45) is 0. The molecule has 3 aromatic carbocycles. The molecule has 0 spiro atoms. The number of Topliss-reactive ketones (excluding diaryl/α,β-unsaturated/α-hetero) is 1. The lowest BCUT2D eigenvalue weighted by Gasteiger charge is -2.38. The molecule has 1 saturated heterocycles. The van der Waals surface area contributed by atoms with E-state index in [1.54, 1.807) is 62.4 Å². The maximum absolute atomic E-state index is 13.9. The molecule has 0 unspecified atom stereocenters. The van der Waals surface area contributed by atoms with Crippen molar-refractivity contribution in [1.82, 2.24) is 4.90 Å². The number of para-hydroxylation sites is 1. The standard InChI is InChI=1S/C31H31ClN4O5/c1-31(2,30(40)33-23-11-13-24(14-12-23)34-15-17-41-18-16-34)36(19-21-7-9-22(32)10-8-21)27(37)20-35-26-6-4-3-5-25(26)28(38)29(35)39/h3-14H,15-20H2,1-2H3,(H,33,40). The van der Waals surface area contributed by atoms with E-state index in [1.165, 1.54) is 9.80 Å². The number of rotatable bonds is 8. The fraction of sp³-hybridized carbons (Fsp3) is 0.290. The zero-order chi connectivity index (χ0) is 29.1. The lowest BCUT2D eigenvalue weighted by atomic mass is 9.99. The number of hydrogen-bond donors (Lipinski definition) is 1. The van der Waals surface area contributed by atoms with Crippen LogP contribution in [0.4, 0.5) is 17.1 Å². The molecule has 1 N–H and O–H groups in total. The predicted molar refractivity (Wildman–Crippen MR) is 157 cm³/mol. The Morgan fingerprint density at radius 1 is 0.951 bits per heavy atom. The molecule has 0 bridgehead atoms. The molecule has 5 rings (SSSR count). The molecule has 41 heavy (non-hydrogen) atoms. The Bertz CT molecular complexity index is 1470. The molecule has 212 valence electrons. The van der Waals surface area contributed by atoms with Crippen LogP contribution in [0.1, 0.15) is 29.8 Å². The number of carbonyl (C=O) groups excluding carboxylic acids is 4. The second-order valence-corrected chi connectivity index (χ2v) is 10.9. The molecule has 2 heterocycles. The van der Waals surface area contributed by atoms with Crippen LogP contribution in [0.15, 0.2) is 72.8 Å². The average Bonchev–Trinajstić information content (AvgIpc) is 3.22. The molecule has 1 fully saturated rings. The van der Waals surface area contributed by atoms with Gasteiger partial charge in [0.15, 0.2) is 0 Å². The fourth-order valence-corrected chi connectivity index (χ4v) is 5.11. The number of nitrogens with one attached hydrogen (secondary N) is 1. The van der Waals surface area contributed by atoms with Crippen molar-refractivity contribution < 1.29 is 23.9 Å². The molecule has 3 aromatic rings. The number of fused-ring (bicyclic) bond motifs is 1. The van der Waals surface area contributed by atoms with Gasteiger partial charge in [-0.15, -0.1) is 0 Å². The van der Waals surface area contributed by atoms with E-state index < -0.39 is 29.0 Å². The number of hydrogen-bond acceptors (Lipinski definition) is 6. The Morgan fingerprint density at radius 3 is 2.29 bits per heavy atom. The van der Waals surface area contributed by atoms with Gasteiger partial charge >= 0.3 is 0 Å². The van der Waals surface area contributed by atoms with Crippen molar-refractivity contribution in [3.8, 4) is 0 Å². The van der Waals surface area contributed by atoms with E-state index in [9.17, 15) is 19.2 Å². The van der Waals surface area contributed by atoms with Crippen LogP contribution < -0.4 is 15.1 Å². The van der Waals surface area contributed by atoms with Crippen molar-refractivity contribution in [2.75, 3.05) is 48.0 Å². The highest BCUT2D eigenvalue weighted by Crippen LogP contribution is 2.30. The van der Waals surface area contributed by atoms with E-state index in [2.05, 4.69) is 10.2 Å². The molecule has 2 aliphatic heterocycles. The van der Waals surface area contributed by atoms with Gasteiger partial charge in [0.25, 0.3) is 11.7 Å². The third-order valence-corrected chi connectivity index (χ3v) is 7.71. The zero-order valence-corrected chi connectivity index (χ0v) is 23.7. The molecule has 9 nitrogen and oxygen atoms in total. The molecule has 3 amide bonds. The van der Waals surface area contributed by atoms with Crippen molar-refractivity contribution in [1.29, 1.82) is 0 Å². The maximum atomic E-state index is 13.9. The van der Waals surface area contributed by atoms with Crippen LogP contribution in [-0.2, 0) is 25.7 Å². The van der Waals surface area contributed by atoms with Gasteiger partial charge in [-0.25, -0.2) is 0 Å². The second-order valence-electron chi connectivity index (χ2n) is 10.5. The molecular weight excluding hydrogens is 544 g/mol. The summed E-state index contributed by atoms with van der Waals surface area (Å²) in [6, 6.07) is 21.1. The van der Waals surface area contributed by atoms with E-state index in [0.29, 0.717) is 29.6 Å². The van der Waals surface area contributed by atoms with Crippen LogP contribution in [-0.4, -0.2) is 66.8 Å². The summed E-state index contributed by atoms with van der Waals surface area (Å²) in [7, 11) is 0. The first kappa shape index (κ1) is 28.3. The van der Waals surface area contributed by atoms with Gasteiger partial charge in [-0.1, -0.05) is 35.9 Å². The Kier molecular flexibility index (Phi) is 8.10. The minimum atomic E-state index is -1.33. The molecule has 0 atom stereocenters. The van der Waals surface area contributed by atoms with Crippen molar-refractivity contribution in [3.63, 3.8) is 0 Å². The van der Waals surface area contributed by atoms with E-state index >= 15 is 0 Å². The average molecular weight is 575 g/mol. The van der Waals surface area contributed by atoms with Gasteiger partial charge in [0, 0.05) is 36.0 Å². The summed E-state index contributed by atoms with van der Waals surface area (Å²) >= 11 is 6.06. The Balaban J connectivity index is 1.37. The number of nitrogens with zero attached hydrogens (tertiary/aromatic N) is 3. The van der Waals surface area contributed by atoms with Crippen LogP contribution in [0.3, 0.4) is 0 Å². The number of halogens is 1. The topological polar surface area (TPSA) is 99.3 Å². The monoisotopic (exact) mass is 574 g/mol. The lowest BCUT2D eigenvalue weighted by Crippen LogP contribution is -2.57. The Labute approximate surface area is 243 Å². The normalized spacial score (nSPS) is 15.1. The summed E-state index contributed by atoms with van der Waals surface area (Å²) in [6.45, 7) is 5.96. The lowest BCUT2D eigenvalue weighted by molar-refractivity contribution is -0.143. The quantitative estimate of drug-likeness (QED) is 0.406. The molecule has 0 aliphatic carbocycles. The smallest absolute Gasteiger partial charge is 0.299 e. The van der Waals surface area contributed by atoms with Gasteiger partial charge in [-0.2, -0.15) is 0 Å². The van der Waals surface area contributed by atoms with E-state index in [4.69, 9.17) is 16.3 Å². The predicted octanol–water partition coefficient (Wildman–Crippen LogP) is 4.15. The molecule has 10 heteroatoms. The number of ether oxygens (including phenoxy) is 1. The number of amides is 3. The molecular formula is C31H31ClN4O5. The number of ketones is 1. The van der Waals surface area contributed by atoms with Crippen LogP contribution in [0.2, 0.25) is 5.02 Å². The van der Waals surface area contributed by atoms with Crippen molar-refractivity contribution in [2.45, 2.75) is 25.9 Å². The number of anilines is 3. The second kappa shape index (κ2) is 11.7. The zero-order valence-electron chi connectivity index (χ0n) is 22.9. The van der Waals surface area contributed by atoms with Crippen molar-refractivity contribution >= 4 is 52.2 Å². The summed E-state index contributed by atoms with van der Waals surface area (Å²) < 4.78 is 5.42. The van der Waals surface area contributed by atoms with Gasteiger partial charge in [-0.05, 0) is 67.9 Å². The Hall–Kier alpha value is -4.21. The van der Waals surface area contributed by atoms with E-state index in [1.807, 2.05) is 24.3 Å². The molecule has 0 aromatic heterocycles. The highest BCUT2D eigenvalue weighted by atomic mass is 35.5. The minimum absolute atomic E-state index is 0.0873. The summed E-state index contributed by atoms with van der Waals surface area (Å²) in [4.78, 5) is 57.6. The van der Waals surface area contributed by atoms with Crippen molar-refractivity contribution in [3.05, 3.63) is 88.9 Å². The van der Waals surface area contributed by atoms with Crippen LogP contribution in [0.25, 0.3) is 0 Å². The van der Waals surface area contributed by atoms with Gasteiger partial charge in [-0.3, -0.25) is 24.1 Å². The number of morpholine rings is 1. The Morgan fingerprint density at radius 2 is 1.61 bits per heavy atom. The summed E-state index contributed by atoms with van der Waals surface area (Å²) in [5.41, 5.74) is 1.69. The largest absolute Gasteiger partial charge is 0.378 e. The summed E-state index contributed by atoms with van der Waals surface area (Å²) in [5.74, 6) is -2.31.